The maximum Gasteiger partial charge on any atom is 0.264 e. The summed E-state index contributed by atoms with van der Waals surface area (Å²) >= 11 is 1.43. The van der Waals surface area contributed by atoms with E-state index in [9.17, 15) is 14.4 Å². The fraction of sp³-hybridized carbons (Fsp3) is 0.500. The van der Waals surface area contributed by atoms with Gasteiger partial charge in [0.15, 0.2) is 0 Å². The van der Waals surface area contributed by atoms with Crippen LogP contribution in [0.2, 0.25) is 0 Å². The van der Waals surface area contributed by atoms with Crippen molar-refractivity contribution in [2.75, 3.05) is 26.2 Å². The van der Waals surface area contributed by atoms with Crippen LogP contribution in [0.15, 0.2) is 12.1 Å². The van der Waals surface area contributed by atoms with Crippen LogP contribution in [-0.4, -0.2) is 53.7 Å². The van der Waals surface area contributed by atoms with E-state index >= 15 is 0 Å². The van der Waals surface area contributed by atoms with E-state index in [4.69, 9.17) is 5.73 Å². The molecule has 1 atom stereocenters. The van der Waals surface area contributed by atoms with Gasteiger partial charge in [0.05, 0.1) is 10.8 Å². The Morgan fingerprint density at radius 1 is 1.19 bits per heavy atom. The third kappa shape index (κ3) is 3.60. The van der Waals surface area contributed by atoms with E-state index in [0.717, 1.165) is 4.88 Å². The lowest BCUT2D eigenvalue weighted by atomic mass is 10.1. The topological polar surface area (TPSA) is 83.7 Å². The normalized spacial score (nSPS) is 19.2. The minimum absolute atomic E-state index is 0.107. The van der Waals surface area contributed by atoms with Gasteiger partial charge in [-0.3, -0.25) is 14.4 Å². The Morgan fingerprint density at radius 2 is 1.81 bits per heavy atom. The highest BCUT2D eigenvalue weighted by molar-refractivity contribution is 7.13. The molecule has 7 heteroatoms. The minimum Gasteiger partial charge on any atom is -0.369 e. The molecule has 1 unspecified atom stereocenters. The SMILES string of the molecule is CC(=O)N1CCN(C(=O)c2ccc(C)s2)CC(C(N)=O)C1. The number of aryl methyl sites for hydroxylation is 1. The Labute approximate surface area is 127 Å². The van der Waals surface area contributed by atoms with E-state index in [-0.39, 0.29) is 24.9 Å². The van der Waals surface area contributed by atoms with Crippen LogP contribution in [0.25, 0.3) is 0 Å². The standard InChI is InChI=1S/C14H19N3O3S/c1-9-3-4-12(21-9)14(20)17-6-5-16(10(2)18)7-11(8-17)13(15)19/h3-4,11H,5-8H2,1-2H3,(H2,15,19). The molecular weight excluding hydrogens is 290 g/mol. The summed E-state index contributed by atoms with van der Waals surface area (Å²) in [5.74, 6) is -1.23. The first-order chi connectivity index (χ1) is 9.88. The molecule has 0 radical (unpaired) electrons. The number of amides is 3. The number of primary amides is 1. The van der Waals surface area contributed by atoms with Crippen LogP contribution in [-0.2, 0) is 9.59 Å². The van der Waals surface area contributed by atoms with Gasteiger partial charge in [-0.05, 0) is 19.1 Å². The van der Waals surface area contributed by atoms with Crippen molar-refractivity contribution < 1.29 is 14.4 Å². The number of carbonyl (C=O) groups excluding carboxylic acids is 3. The summed E-state index contributed by atoms with van der Waals surface area (Å²) in [6.45, 7) is 4.77. The highest BCUT2D eigenvalue weighted by Crippen LogP contribution is 2.19. The molecule has 114 valence electrons. The fourth-order valence-electron chi connectivity index (χ4n) is 2.37. The second-order valence-electron chi connectivity index (χ2n) is 5.23. The molecule has 1 fully saturated rings. The maximum absolute atomic E-state index is 12.5. The Kier molecular flexibility index (Phi) is 4.62. The second kappa shape index (κ2) is 6.26. The molecule has 6 nitrogen and oxygen atoms in total. The number of hydrogen-bond donors (Lipinski definition) is 1. The molecule has 1 saturated heterocycles. The molecular formula is C14H19N3O3S. The highest BCUT2D eigenvalue weighted by atomic mass is 32.1. The van der Waals surface area contributed by atoms with Crippen molar-refractivity contribution in [3.8, 4) is 0 Å². The lowest BCUT2D eigenvalue weighted by Crippen LogP contribution is -2.40. The zero-order valence-electron chi connectivity index (χ0n) is 12.2. The van der Waals surface area contributed by atoms with Gasteiger partial charge in [0.2, 0.25) is 11.8 Å². The molecule has 1 aliphatic heterocycles. The van der Waals surface area contributed by atoms with Crippen molar-refractivity contribution in [1.82, 2.24) is 9.80 Å². The summed E-state index contributed by atoms with van der Waals surface area (Å²) in [5.41, 5.74) is 5.39. The van der Waals surface area contributed by atoms with Crippen molar-refractivity contribution in [2.45, 2.75) is 13.8 Å². The van der Waals surface area contributed by atoms with Gasteiger partial charge in [0.1, 0.15) is 0 Å². The molecule has 1 aliphatic rings. The second-order valence-corrected chi connectivity index (χ2v) is 6.51. The summed E-state index contributed by atoms with van der Waals surface area (Å²) in [6, 6.07) is 3.68. The summed E-state index contributed by atoms with van der Waals surface area (Å²) in [5, 5.41) is 0. The van der Waals surface area contributed by atoms with Gasteiger partial charge in [0, 0.05) is 38.0 Å². The van der Waals surface area contributed by atoms with Crippen molar-refractivity contribution >= 4 is 29.1 Å². The molecule has 3 amide bonds. The van der Waals surface area contributed by atoms with E-state index in [1.165, 1.54) is 18.3 Å². The smallest absolute Gasteiger partial charge is 0.264 e. The predicted octanol–water partition coefficient (Wildman–Crippen LogP) is 0.462. The van der Waals surface area contributed by atoms with Crippen LogP contribution in [0, 0.1) is 12.8 Å². The molecule has 21 heavy (non-hydrogen) atoms. The molecule has 0 aliphatic carbocycles. The van der Waals surface area contributed by atoms with Gasteiger partial charge >= 0.3 is 0 Å². The number of carbonyl (C=O) groups is 3. The number of rotatable bonds is 2. The fourth-order valence-corrected chi connectivity index (χ4v) is 3.20. The number of nitrogens with two attached hydrogens (primary N) is 1. The van der Waals surface area contributed by atoms with Gasteiger partial charge in [-0.15, -0.1) is 11.3 Å². The van der Waals surface area contributed by atoms with Gasteiger partial charge in [0.25, 0.3) is 5.91 Å². The molecule has 2 heterocycles. The molecule has 0 saturated carbocycles. The Balaban J connectivity index is 2.18. The summed E-state index contributed by atoms with van der Waals surface area (Å²) in [6.07, 6.45) is 0. The molecule has 0 bridgehead atoms. The largest absolute Gasteiger partial charge is 0.369 e. The van der Waals surface area contributed by atoms with Crippen LogP contribution in [0.3, 0.4) is 0 Å². The summed E-state index contributed by atoms with van der Waals surface area (Å²) < 4.78 is 0. The monoisotopic (exact) mass is 309 g/mol. The van der Waals surface area contributed by atoms with Gasteiger partial charge < -0.3 is 15.5 Å². The van der Waals surface area contributed by atoms with Crippen molar-refractivity contribution in [3.63, 3.8) is 0 Å². The van der Waals surface area contributed by atoms with Crippen LogP contribution in [0.5, 0.6) is 0 Å². The molecule has 2 rings (SSSR count). The Morgan fingerprint density at radius 3 is 2.33 bits per heavy atom. The van der Waals surface area contributed by atoms with Crippen molar-refractivity contribution in [1.29, 1.82) is 0 Å². The van der Waals surface area contributed by atoms with Crippen LogP contribution < -0.4 is 5.73 Å². The molecule has 1 aromatic rings. The first-order valence-corrected chi connectivity index (χ1v) is 7.60. The quantitative estimate of drug-likeness (QED) is 0.861. The number of thiophene rings is 1. The molecule has 0 aromatic carbocycles. The minimum atomic E-state index is -0.526. The van der Waals surface area contributed by atoms with E-state index in [1.54, 1.807) is 15.9 Å². The molecule has 1 aromatic heterocycles. The lowest BCUT2D eigenvalue weighted by Gasteiger charge is -2.21. The average molecular weight is 309 g/mol. The summed E-state index contributed by atoms with van der Waals surface area (Å²) in [4.78, 5) is 40.5. The third-order valence-electron chi connectivity index (χ3n) is 3.61. The highest BCUT2D eigenvalue weighted by Gasteiger charge is 2.30. The zero-order valence-corrected chi connectivity index (χ0v) is 13.0. The number of nitrogens with zero attached hydrogens (tertiary/aromatic N) is 2. The first-order valence-electron chi connectivity index (χ1n) is 6.79. The lowest BCUT2D eigenvalue weighted by molar-refractivity contribution is -0.130. The van der Waals surface area contributed by atoms with Gasteiger partial charge in [-0.25, -0.2) is 0 Å². The number of hydrogen-bond acceptors (Lipinski definition) is 4. The van der Waals surface area contributed by atoms with E-state index < -0.39 is 11.8 Å². The van der Waals surface area contributed by atoms with Crippen LogP contribution in [0.1, 0.15) is 21.5 Å². The third-order valence-corrected chi connectivity index (χ3v) is 4.60. The van der Waals surface area contributed by atoms with Crippen LogP contribution >= 0.6 is 11.3 Å². The van der Waals surface area contributed by atoms with Crippen LogP contribution in [0.4, 0.5) is 0 Å². The molecule has 2 N–H and O–H groups in total. The zero-order chi connectivity index (χ0) is 15.6. The van der Waals surface area contributed by atoms with Crippen molar-refractivity contribution in [3.05, 3.63) is 21.9 Å². The van der Waals surface area contributed by atoms with Gasteiger partial charge in [-0.2, -0.15) is 0 Å². The van der Waals surface area contributed by atoms with Crippen molar-refractivity contribution in [2.24, 2.45) is 11.7 Å². The van der Waals surface area contributed by atoms with E-state index in [2.05, 4.69) is 0 Å². The van der Waals surface area contributed by atoms with E-state index in [0.29, 0.717) is 18.0 Å². The average Bonchev–Trinajstić information content (AvgIpc) is 2.73. The van der Waals surface area contributed by atoms with Gasteiger partial charge in [-0.1, -0.05) is 0 Å². The summed E-state index contributed by atoms with van der Waals surface area (Å²) in [7, 11) is 0. The molecule has 0 spiro atoms. The Hall–Kier alpha value is -1.89. The van der Waals surface area contributed by atoms with E-state index in [1.807, 2.05) is 13.0 Å². The maximum atomic E-state index is 12.5. The Bertz CT molecular complexity index is 570. The predicted molar refractivity (Wildman–Crippen MR) is 79.9 cm³/mol. The first kappa shape index (κ1) is 15.5.